The largest absolute Gasteiger partial charge is 0.480 e. The number of carboxylic acids is 1. The predicted octanol–water partition coefficient (Wildman–Crippen LogP) is 2.43. The zero-order valence-corrected chi connectivity index (χ0v) is 17.9. The number of aliphatic carboxylic acids is 1. The maximum Gasteiger partial charge on any atom is 0.323 e. The highest BCUT2D eigenvalue weighted by Gasteiger charge is 2.34. The van der Waals surface area contributed by atoms with Gasteiger partial charge in [-0.3, -0.25) is 24.1 Å². The van der Waals surface area contributed by atoms with Gasteiger partial charge in [0.2, 0.25) is 11.8 Å². The van der Waals surface area contributed by atoms with Gasteiger partial charge in [-0.25, -0.2) is 0 Å². The highest BCUT2D eigenvalue weighted by atomic mass is 32.2. The number of rotatable bonds is 7. The average molecular weight is 441 g/mol. The molecule has 3 rings (SSSR count). The lowest BCUT2D eigenvalue weighted by atomic mass is 10.1. The number of nitrogens with one attached hydrogen (secondary N) is 1. The van der Waals surface area contributed by atoms with Gasteiger partial charge in [-0.05, 0) is 36.5 Å². The summed E-state index contributed by atoms with van der Waals surface area (Å²) in [6, 6.07) is 15.6. The first-order valence-electron chi connectivity index (χ1n) is 9.97. The summed E-state index contributed by atoms with van der Waals surface area (Å²) in [5, 5.41) is 11.2. The number of amides is 2. The number of para-hydroxylation sites is 1. The van der Waals surface area contributed by atoms with Crippen LogP contribution in [0.1, 0.15) is 24.5 Å². The summed E-state index contributed by atoms with van der Waals surface area (Å²) in [4.78, 5) is 50.5. The molecule has 8 heteroatoms. The van der Waals surface area contributed by atoms with E-state index in [0.29, 0.717) is 24.9 Å². The molecule has 0 aromatic heterocycles. The molecular weight excluding hydrogens is 416 g/mol. The number of nitrogens with zero attached hydrogens (tertiary/aromatic N) is 1. The fraction of sp³-hybridized carbons (Fsp3) is 0.304. The Morgan fingerprint density at radius 1 is 1.13 bits per heavy atom. The van der Waals surface area contributed by atoms with Gasteiger partial charge in [0, 0.05) is 12.6 Å². The summed E-state index contributed by atoms with van der Waals surface area (Å²) in [5.41, 5.74) is 2.31. The van der Waals surface area contributed by atoms with Crippen LogP contribution in [-0.2, 0) is 32.0 Å². The molecule has 0 bridgehead atoms. The van der Waals surface area contributed by atoms with Crippen LogP contribution in [0.2, 0.25) is 0 Å². The van der Waals surface area contributed by atoms with Crippen LogP contribution < -0.4 is 10.2 Å². The molecule has 0 saturated carbocycles. The minimum atomic E-state index is -1.13. The molecule has 2 aromatic rings. The van der Waals surface area contributed by atoms with Crippen molar-refractivity contribution in [1.29, 1.82) is 0 Å². The van der Waals surface area contributed by atoms with Crippen LogP contribution in [-0.4, -0.2) is 45.8 Å². The first-order valence-corrected chi connectivity index (χ1v) is 10.9. The fourth-order valence-corrected chi connectivity index (χ4v) is 4.48. The molecule has 2 aromatic carbocycles. The lowest BCUT2D eigenvalue weighted by molar-refractivity contribution is -0.137. The molecule has 0 spiro atoms. The van der Waals surface area contributed by atoms with Crippen molar-refractivity contribution in [3.05, 3.63) is 65.7 Å². The maximum atomic E-state index is 13.2. The second-order valence-electron chi connectivity index (χ2n) is 7.33. The van der Waals surface area contributed by atoms with Gasteiger partial charge in [0.25, 0.3) is 0 Å². The fourth-order valence-electron chi connectivity index (χ4n) is 3.63. The number of aryl methyl sites for hydroxylation is 1. The molecule has 2 amide bonds. The van der Waals surface area contributed by atoms with Crippen LogP contribution in [0.25, 0.3) is 0 Å². The minimum absolute atomic E-state index is 0.191. The first kappa shape index (κ1) is 22.6. The third kappa shape index (κ3) is 5.95. The standard InChI is InChI=1S/C23H24N2O5S/c1-15(26)31-20(13-16-7-3-2-4-8-16)22(29)24-18-12-11-17-9-5-6-10-19(17)25(23(18)30)14-21(27)28/h2-10,18,20H,11-14H2,1H3,(H,24,29)(H,27,28)/t18?,20-/m1/s1. The van der Waals surface area contributed by atoms with Crippen LogP contribution in [0.15, 0.2) is 54.6 Å². The van der Waals surface area contributed by atoms with Gasteiger partial charge in [0.05, 0.1) is 5.25 Å². The van der Waals surface area contributed by atoms with Crippen molar-refractivity contribution in [3.63, 3.8) is 0 Å². The number of carbonyl (C=O) groups excluding carboxylic acids is 3. The topological polar surface area (TPSA) is 104 Å². The van der Waals surface area contributed by atoms with Crippen molar-refractivity contribution in [1.82, 2.24) is 5.32 Å². The summed E-state index contributed by atoms with van der Waals surface area (Å²) in [6.07, 6.45) is 1.21. The van der Waals surface area contributed by atoms with Gasteiger partial charge in [0.15, 0.2) is 5.12 Å². The molecule has 0 fully saturated rings. The van der Waals surface area contributed by atoms with Crippen LogP contribution in [0.3, 0.4) is 0 Å². The summed E-state index contributed by atoms with van der Waals surface area (Å²) >= 11 is 0.926. The Morgan fingerprint density at radius 2 is 1.81 bits per heavy atom. The van der Waals surface area contributed by atoms with Crippen LogP contribution in [0.5, 0.6) is 0 Å². The number of thioether (sulfide) groups is 1. The molecule has 31 heavy (non-hydrogen) atoms. The molecule has 1 unspecified atom stereocenters. The number of carboxylic acid groups (broad SMARTS) is 1. The van der Waals surface area contributed by atoms with E-state index in [2.05, 4.69) is 5.32 Å². The molecule has 2 atom stereocenters. The molecule has 0 saturated heterocycles. The van der Waals surface area contributed by atoms with E-state index in [0.717, 1.165) is 22.9 Å². The van der Waals surface area contributed by atoms with Crippen molar-refractivity contribution in [2.45, 2.75) is 37.5 Å². The molecule has 7 nitrogen and oxygen atoms in total. The van der Waals surface area contributed by atoms with E-state index in [4.69, 9.17) is 0 Å². The van der Waals surface area contributed by atoms with Gasteiger partial charge in [-0.2, -0.15) is 0 Å². The molecule has 1 aliphatic heterocycles. The van der Waals surface area contributed by atoms with Crippen molar-refractivity contribution >= 4 is 40.3 Å². The quantitative estimate of drug-likeness (QED) is 0.685. The number of hydrogen-bond acceptors (Lipinski definition) is 5. The van der Waals surface area contributed by atoms with E-state index in [9.17, 15) is 24.3 Å². The number of hydrogen-bond donors (Lipinski definition) is 2. The molecule has 0 aliphatic carbocycles. The molecule has 0 radical (unpaired) electrons. The molecule has 162 valence electrons. The van der Waals surface area contributed by atoms with E-state index in [-0.39, 0.29) is 5.12 Å². The lowest BCUT2D eigenvalue weighted by Gasteiger charge is -2.26. The van der Waals surface area contributed by atoms with Gasteiger partial charge >= 0.3 is 5.97 Å². The van der Waals surface area contributed by atoms with Gasteiger partial charge in [-0.1, -0.05) is 60.3 Å². The molecule has 1 aliphatic rings. The third-order valence-electron chi connectivity index (χ3n) is 5.02. The number of fused-ring (bicyclic) bond motifs is 1. The average Bonchev–Trinajstić information content (AvgIpc) is 2.86. The summed E-state index contributed by atoms with van der Waals surface area (Å²) in [5.74, 6) is -2.01. The van der Waals surface area contributed by atoms with E-state index in [1.807, 2.05) is 42.5 Å². The van der Waals surface area contributed by atoms with Crippen LogP contribution in [0, 0.1) is 0 Å². The molecule has 1 heterocycles. The Morgan fingerprint density at radius 3 is 2.48 bits per heavy atom. The Hall–Kier alpha value is -3.13. The Kier molecular flexibility index (Phi) is 7.46. The SMILES string of the molecule is CC(=O)S[C@H](Cc1ccccc1)C(=O)NC1CCc2ccccc2N(CC(=O)O)C1=O. The summed E-state index contributed by atoms with van der Waals surface area (Å²) in [7, 11) is 0. The summed E-state index contributed by atoms with van der Waals surface area (Å²) in [6.45, 7) is 0.913. The highest BCUT2D eigenvalue weighted by Crippen LogP contribution is 2.27. The molecule has 2 N–H and O–H groups in total. The van der Waals surface area contributed by atoms with Crippen molar-refractivity contribution in [3.8, 4) is 0 Å². The zero-order chi connectivity index (χ0) is 22.4. The highest BCUT2D eigenvalue weighted by molar-refractivity contribution is 8.14. The van der Waals surface area contributed by atoms with E-state index < -0.39 is 35.6 Å². The number of carbonyl (C=O) groups is 4. The Labute approximate surface area is 184 Å². The minimum Gasteiger partial charge on any atom is -0.480 e. The van der Waals surface area contributed by atoms with Crippen LogP contribution >= 0.6 is 11.8 Å². The Bertz CT molecular complexity index is 979. The second kappa shape index (κ2) is 10.3. The van der Waals surface area contributed by atoms with Gasteiger partial charge in [0.1, 0.15) is 12.6 Å². The second-order valence-corrected chi connectivity index (χ2v) is 8.71. The van der Waals surface area contributed by atoms with E-state index >= 15 is 0 Å². The number of benzene rings is 2. The smallest absolute Gasteiger partial charge is 0.323 e. The van der Waals surface area contributed by atoms with Crippen molar-refractivity contribution < 1.29 is 24.3 Å². The van der Waals surface area contributed by atoms with E-state index in [1.54, 1.807) is 12.1 Å². The monoisotopic (exact) mass is 440 g/mol. The number of anilines is 1. The normalized spacial score (nSPS) is 16.7. The van der Waals surface area contributed by atoms with Crippen LogP contribution in [0.4, 0.5) is 5.69 Å². The summed E-state index contributed by atoms with van der Waals surface area (Å²) < 4.78 is 0. The lowest BCUT2D eigenvalue weighted by Crippen LogP contribution is -2.51. The zero-order valence-electron chi connectivity index (χ0n) is 17.1. The third-order valence-corrected chi connectivity index (χ3v) is 6.02. The predicted molar refractivity (Wildman–Crippen MR) is 119 cm³/mol. The van der Waals surface area contributed by atoms with Crippen molar-refractivity contribution in [2.24, 2.45) is 0 Å². The first-order chi connectivity index (χ1) is 14.8. The van der Waals surface area contributed by atoms with Gasteiger partial charge < -0.3 is 10.4 Å². The van der Waals surface area contributed by atoms with E-state index in [1.165, 1.54) is 11.8 Å². The maximum absolute atomic E-state index is 13.2. The van der Waals surface area contributed by atoms with Crippen molar-refractivity contribution in [2.75, 3.05) is 11.4 Å². The Balaban J connectivity index is 1.80. The van der Waals surface area contributed by atoms with Gasteiger partial charge in [-0.15, -0.1) is 0 Å². The molecular formula is C23H24N2O5S.